The number of fused-ring (bicyclic) bond motifs is 1. The number of aromatic nitrogens is 1. The van der Waals surface area contributed by atoms with Gasteiger partial charge in [-0.05, 0) is 47.2 Å². The van der Waals surface area contributed by atoms with Gasteiger partial charge in [0.15, 0.2) is 0 Å². The van der Waals surface area contributed by atoms with E-state index in [1.807, 2.05) is 25.1 Å². The highest BCUT2D eigenvalue weighted by atomic mass is 16.6. The summed E-state index contributed by atoms with van der Waals surface area (Å²) in [6.07, 6.45) is 4.92. The molecule has 2 aromatic carbocycles. The van der Waals surface area contributed by atoms with Gasteiger partial charge in [0.25, 0.3) is 5.69 Å². The van der Waals surface area contributed by atoms with Crippen molar-refractivity contribution in [3.05, 3.63) is 76.6 Å². The lowest BCUT2D eigenvalue weighted by Crippen LogP contribution is -1.96. The number of methoxy groups -OCH3 is 1. The number of carbonyl (C=O) groups excluding carboxylic acids is 1. The molecular formula is C20H16N2O4. The molecule has 0 bridgehead atoms. The van der Waals surface area contributed by atoms with Crippen LogP contribution in [-0.4, -0.2) is 23.0 Å². The maximum atomic E-state index is 11.5. The van der Waals surface area contributed by atoms with Crippen LogP contribution in [0.1, 0.15) is 12.5 Å². The molecule has 0 aliphatic carbocycles. The highest BCUT2D eigenvalue weighted by Gasteiger charge is 2.10. The van der Waals surface area contributed by atoms with Crippen molar-refractivity contribution in [2.75, 3.05) is 7.11 Å². The summed E-state index contributed by atoms with van der Waals surface area (Å²) in [6.45, 7) is 1.84. The minimum atomic E-state index is -0.426. The van der Waals surface area contributed by atoms with Crippen molar-refractivity contribution in [3.8, 4) is 11.1 Å². The lowest BCUT2D eigenvalue weighted by atomic mass is 9.97. The smallest absolute Gasteiger partial charge is 0.330 e. The number of rotatable bonds is 4. The fourth-order valence-corrected chi connectivity index (χ4v) is 2.72. The van der Waals surface area contributed by atoms with E-state index in [2.05, 4.69) is 9.72 Å². The second-order valence-corrected chi connectivity index (χ2v) is 5.78. The van der Waals surface area contributed by atoms with Gasteiger partial charge in [-0.3, -0.25) is 15.1 Å². The summed E-state index contributed by atoms with van der Waals surface area (Å²) >= 11 is 0. The minimum absolute atomic E-state index is 0.0412. The summed E-state index contributed by atoms with van der Waals surface area (Å²) in [5.74, 6) is -0.409. The Morgan fingerprint density at radius 2 is 1.88 bits per heavy atom. The Balaban J connectivity index is 2.11. The SMILES string of the molecule is COC(=O)/C=C(\C)c1ccc2cncc(-c3ccc([N+](=O)[O-])cc3)c2c1. The number of nitro groups is 1. The number of benzene rings is 2. The number of esters is 1. The molecule has 0 atom stereocenters. The lowest BCUT2D eigenvalue weighted by molar-refractivity contribution is -0.384. The van der Waals surface area contributed by atoms with Crippen molar-refractivity contribution in [2.24, 2.45) is 0 Å². The normalized spacial score (nSPS) is 11.4. The van der Waals surface area contributed by atoms with Crippen LogP contribution in [0.15, 0.2) is 60.9 Å². The molecule has 0 aliphatic rings. The number of pyridine rings is 1. The number of hydrogen-bond acceptors (Lipinski definition) is 5. The molecule has 26 heavy (non-hydrogen) atoms. The highest BCUT2D eigenvalue weighted by Crippen LogP contribution is 2.31. The Morgan fingerprint density at radius 1 is 1.15 bits per heavy atom. The first-order chi connectivity index (χ1) is 12.5. The monoisotopic (exact) mass is 348 g/mol. The second-order valence-electron chi connectivity index (χ2n) is 5.78. The van der Waals surface area contributed by atoms with E-state index in [1.165, 1.54) is 25.3 Å². The van der Waals surface area contributed by atoms with Gasteiger partial charge >= 0.3 is 5.97 Å². The van der Waals surface area contributed by atoms with Gasteiger partial charge in [0, 0.05) is 41.6 Å². The van der Waals surface area contributed by atoms with E-state index in [0.29, 0.717) is 0 Å². The van der Waals surface area contributed by atoms with E-state index in [0.717, 1.165) is 33.0 Å². The van der Waals surface area contributed by atoms with Crippen LogP contribution in [0.25, 0.3) is 27.5 Å². The largest absolute Gasteiger partial charge is 0.466 e. The molecule has 0 spiro atoms. The number of carbonyl (C=O) groups is 1. The number of allylic oxidation sites excluding steroid dienone is 1. The van der Waals surface area contributed by atoms with Crippen LogP contribution in [0, 0.1) is 10.1 Å². The molecule has 0 saturated heterocycles. The van der Waals surface area contributed by atoms with Gasteiger partial charge in [0.1, 0.15) is 0 Å². The number of nitrogens with zero attached hydrogens (tertiary/aromatic N) is 2. The zero-order valence-electron chi connectivity index (χ0n) is 14.3. The first kappa shape index (κ1) is 17.3. The summed E-state index contributed by atoms with van der Waals surface area (Å²) in [5.41, 5.74) is 3.41. The quantitative estimate of drug-likeness (QED) is 0.302. The van der Waals surface area contributed by atoms with Crippen LogP contribution in [0.2, 0.25) is 0 Å². The zero-order valence-corrected chi connectivity index (χ0v) is 14.3. The summed E-state index contributed by atoms with van der Waals surface area (Å²) in [5, 5.41) is 12.7. The Bertz CT molecular complexity index is 1020. The number of hydrogen-bond donors (Lipinski definition) is 0. The van der Waals surface area contributed by atoms with Crippen LogP contribution in [0.5, 0.6) is 0 Å². The summed E-state index contributed by atoms with van der Waals surface area (Å²) in [6, 6.07) is 12.2. The van der Waals surface area contributed by atoms with Crippen LogP contribution < -0.4 is 0 Å². The van der Waals surface area contributed by atoms with Crippen molar-refractivity contribution >= 4 is 28.0 Å². The molecule has 0 fully saturated rings. The van der Waals surface area contributed by atoms with Gasteiger partial charge in [-0.25, -0.2) is 4.79 Å². The summed E-state index contributed by atoms with van der Waals surface area (Å²) in [4.78, 5) is 26.1. The molecule has 0 unspecified atom stereocenters. The number of nitro benzene ring substituents is 1. The third-order valence-electron chi connectivity index (χ3n) is 4.14. The molecule has 0 N–H and O–H groups in total. The van der Waals surface area contributed by atoms with Gasteiger partial charge in [-0.2, -0.15) is 0 Å². The van der Waals surface area contributed by atoms with Crippen LogP contribution in [-0.2, 0) is 9.53 Å². The third kappa shape index (κ3) is 3.44. The molecule has 3 rings (SSSR count). The first-order valence-electron chi connectivity index (χ1n) is 7.89. The van der Waals surface area contributed by atoms with Crippen molar-refractivity contribution in [3.63, 3.8) is 0 Å². The Morgan fingerprint density at radius 3 is 2.54 bits per heavy atom. The predicted molar refractivity (Wildman–Crippen MR) is 99.5 cm³/mol. The third-order valence-corrected chi connectivity index (χ3v) is 4.14. The molecule has 3 aromatic rings. The standard InChI is InChI=1S/C20H16N2O4/c1-13(9-20(23)26-2)15-3-4-16-11-21-12-19(18(16)10-15)14-5-7-17(8-6-14)22(24)25/h3-12H,1-2H3/b13-9+. The average Bonchev–Trinajstić information content (AvgIpc) is 2.67. The molecule has 0 radical (unpaired) electrons. The molecule has 130 valence electrons. The zero-order chi connectivity index (χ0) is 18.7. The molecule has 6 heteroatoms. The number of ether oxygens (including phenoxy) is 1. The Labute approximate surface area is 149 Å². The first-order valence-corrected chi connectivity index (χ1v) is 7.89. The van der Waals surface area contributed by atoms with Gasteiger partial charge in [-0.1, -0.05) is 12.1 Å². The molecule has 1 aromatic heterocycles. The molecule has 1 heterocycles. The maximum absolute atomic E-state index is 11.5. The second kappa shape index (κ2) is 7.14. The van der Waals surface area contributed by atoms with Crippen molar-refractivity contribution < 1.29 is 14.5 Å². The van der Waals surface area contributed by atoms with Gasteiger partial charge in [-0.15, -0.1) is 0 Å². The minimum Gasteiger partial charge on any atom is -0.466 e. The van der Waals surface area contributed by atoms with E-state index < -0.39 is 10.9 Å². The van der Waals surface area contributed by atoms with E-state index in [4.69, 9.17) is 0 Å². The van der Waals surface area contributed by atoms with E-state index >= 15 is 0 Å². The van der Waals surface area contributed by atoms with Gasteiger partial charge in [0.05, 0.1) is 12.0 Å². The molecular weight excluding hydrogens is 332 g/mol. The van der Waals surface area contributed by atoms with Gasteiger partial charge < -0.3 is 4.74 Å². The predicted octanol–water partition coefficient (Wildman–Crippen LogP) is 4.39. The molecule has 0 aliphatic heterocycles. The molecule has 0 saturated carbocycles. The lowest BCUT2D eigenvalue weighted by Gasteiger charge is -2.09. The molecule has 0 amide bonds. The Hall–Kier alpha value is -3.54. The summed E-state index contributed by atoms with van der Waals surface area (Å²) in [7, 11) is 1.34. The van der Waals surface area contributed by atoms with Gasteiger partial charge in [0.2, 0.25) is 0 Å². The molecule has 6 nitrogen and oxygen atoms in total. The topological polar surface area (TPSA) is 82.3 Å². The Kier molecular flexibility index (Phi) is 4.75. The average molecular weight is 348 g/mol. The fourth-order valence-electron chi connectivity index (χ4n) is 2.72. The van der Waals surface area contributed by atoms with E-state index in [1.54, 1.807) is 24.5 Å². The van der Waals surface area contributed by atoms with E-state index in [-0.39, 0.29) is 5.69 Å². The van der Waals surface area contributed by atoms with Crippen molar-refractivity contribution in [2.45, 2.75) is 6.92 Å². The van der Waals surface area contributed by atoms with Crippen molar-refractivity contribution in [1.29, 1.82) is 0 Å². The van der Waals surface area contributed by atoms with Crippen molar-refractivity contribution in [1.82, 2.24) is 4.98 Å². The highest BCUT2D eigenvalue weighted by molar-refractivity contribution is 5.99. The number of non-ortho nitro benzene ring substituents is 1. The van der Waals surface area contributed by atoms with E-state index in [9.17, 15) is 14.9 Å². The summed E-state index contributed by atoms with van der Waals surface area (Å²) < 4.78 is 4.67. The van der Waals surface area contributed by atoms with Crippen LogP contribution >= 0.6 is 0 Å². The maximum Gasteiger partial charge on any atom is 0.330 e. The fraction of sp³-hybridized carbons (Fsp3) is 0.100. The van der Waals surface area contributed by atoms with Crippen LogP contribution in [0.3, 0.4) is 0 Å². The van der Waals surface area contributed by atoms with Crippen LogP contribution in [0.4, 0.5) is 5.69 Å².